The van der Waals surface area contributed by atoms with Crippen molar-refractivity contribution in [3.05, 3.63) is 35.4 Å². The Bertz CT molecular complexity index is 449. The van der Waals surface area contributed by atoms with Crippen LogP contribution in [0.4, 0.5) is 0 Å². The lowest BCUT2D eigenvalue weighted by Crippen LogP contribution is -2.44. The lowest BCUT2D eigenvalue weighted by molar-refractivity contribution is -0.0704. The van der Waals surface area contributed by atoms with Gasteiger partial charge >= 0.3 is 0 Å². The van der Waals surface area contributed by atoms with E-state index in [4.69, 9.17) is 16.2 Å². The van der Waals surface area contributed by atoms with Gasteiger partial charge in [0, 0.05) is 19.6 Å². The first-order valence-corrected chi connectivity index (χ1v) is 7.04. The average Bonchev–Trinajstić information content (AvgIpc) is 2.36. The van der Waals surface area contributed by atoms with E-state index in [1.165, 1.54) is 5.56 Å². The maximum atomic E-state index is 5.75. The monoisotopic (exact) mass is 404 g/mol. The van der Waals surface area contributed by atoms with E-state index < -0.39 is 0 Å². The normalized spacial score (nSPS) is 22.4. The lowest BCUT2D eigenvalue weighted by Gasteiger charge is -2.35. The van der Waals surface area contributed by atoms with Gasteiger partial charge in [-0.15, -0.1) is 24.0 Å². The summed E-state index contributed by atoms with van der Waals surface area (Å²) in [5.41, 5.74) is 13.1. The Morgan fingerprint density at radius 2 is 1.67 bits per heavy atom. The minimum absolute atomic E-state index is 0. The molecule has 0 aromatic heterocycles. The molecular formula is C15H25IN4O. The van der Waals surface area contributed by atoms with E-state index in [-0.39, 0.29) is 29.9 Å². The number of guanidine groups is 1. The molecule has 1 fully saturated rings. The molecule has 2 rings (SSSR count). The smallest absolute Gasteiger partial charge is 0.186 e. The van der Waals surface area contributed by atoms with E-state index in [1.54, 1.807) is 0 Å². The summed E-state index contributed by atoms with van der Waals surface area (Å²) in [5, 5.41) is 0. The third-order valence-electron chi connectivity index (χ3n) is 3.37. The Hall–Kier alpha value is -0.860. The highest BCUT2D eigenvalue weighted by molar-refractivity contribution is 14.0. The molecule has 0 radical (unpaired) electrons. The molecule has 0 saturated carbocycles. The first-order chi connectivity index (χ1) is 9.52. The molecule has 4 N–H and O–H groups in total. The number of rotatable bonds is 4. The summed E-state index contributed by atoms with van der Waals surface area (Å²) in [4.78, 5) is 6.44. The Balaban J connectivity index is 0.00000220. The maximum Gasteiger partial charge on any atom is 0.186 e. The summed E-state index contributed by atoms with van der Waals surface area (Å²) in [5.74, 6) is 0.130. The van der Waals surface area contributed by atoms with Gasteiger partial charge in [-0.05, 0) is 25.0 Å². The van der Waals surface area contributed by atoms with Crippen LogP contribution in [0.3, 0.4) is 0 Å². The van der Waals surface area contributed by atoms with Gasteiger partial charge in [-0.1, -0.05) is 24.3 Å². The Morgan fingerprint density at radius 1 is 1.14 bits per heavy atom. The third kappa shape index (κ3) is 6.19. The van der Waals surface area contributed by atoms with E-state index in [2.05, 4.69) is 48.0 Å². The van der Waals surface area contributed by atoms with Crippen molar-refractivity contribution in [1.29, 1.82) is 0 Å². The Labute approximate surface area is 143 Å². The second-order valence-corrected chi connectivity index (χ2v) is 5.51. The molecule has 0 spiro atoms. The van der Waals surface area contributed by atoms with Gasteiger partial charge in [0.05, 0.1) is 18.8 Å². The van der Waals surface area contributed by atoms with Crippen LogP contribution in [0.2, 0.25) is 0 Å². The first kappa shape index (κ1) is 18.2. The van der Waals surface area contributed by atoms with Gasteiger partial charge in [-0.3, -0.25) is 4.90 Å². The van der Waals surface area contributed by atoms with Crippen molar-refractivity contribution in [1.82, 2.24) is 4.90 Å². The van der Waals surface area contributed by atoms with E-state index in [9.17, 15) is 0 Å². The number of halogens is 1. The summed E-state index contributed by atoms with van der Waals surface area (Å²) >= 11 is 0. The Kier molecular flexibility index (Phi) is 7.41. The fraction of sp³-hybridized carbons (Fsp3) is 0.533. The standard InChI is InChI=1S/C15H24N4O.HI/c1-11-8-19(9-12(2)20-11)10-14-5-3-13(4-6-14)7-18-15(16)17;/h3-6,11-12H,7-10H2,1-2H3,(H4,16,17,18);1H. The molecule has 118 valence electrons. The number of nitrogens with zero attached hydrogens (tertiary/aromatic N) is 2. The molecular weight excluding hydrogens is 379 g/mol. The van der Waals surface area contributed by atoms with Crippen molar-refractivity contribution in [2.45, 2.75) is 39.1 Å². The fourth-order valence-corrected chi connectivity index (χ4v) is 2.60. The van der Waals surface area contributed by atoms with E-state index in [1.807, 2.05) is 0 Å². The molecule has 0 amide bonds. The summed E-state index contributed by atoms with van der Waals surface area (Å²) < 4.78 is 5.75. The Morgan fingerprint density at radius 3 is 2.19 bits per heavy atom. The maximum absolute atomic E-state index is 5.75. The molecule has 1 heterocycles. The summed E-state index contributed by atoms with van der Waals surface area (Å²) in [6.45, 7) is 7.72. The number of ether oxygens (including phenoxy) is 1. The summed E-state index contributed by atoms with van der Waals surface area (Å²) in [7, 11) is 0. The zero-order chi connectivity index (χ0) is 14.5. The minimum Gasteiger partial charge on any atom is -0.373 e. The van der Waals surface area contributed by atoms with Crippen LogP contribution in [0.15, 0.2) is 29.3 Å². The zero-order valence-electron chi connectivity index (χ0n) is 12.7. The van der Waals surface area contributed by atoms with Gasteiger partial charge in [-0.2, -0.15) is 0 Å². The number of morpholine rings is 1. The highest BCUT2D eigenvalue weighted by atomic mass is 127. The van der Waals surface area contributed by atoms with Crippen molar-refractivity contribution in [3.8, 4) is 0 Å². The fourth-order valence-electron chi connectivity index (χ4n) is 2.60. The van der Waals surface area contributed by atoms with Crippen molar-refractivity contribution in [3.63, 3.8) is 0 Å². The molecule has 21 heavy (non-hydrogen) atoms. The molecule has 6 heteroatoms. The number of benzene rings is 1. The van der Waals surface area contributed by atoms with Crippen LogP contribution >= 0.6 is 24.0 Å². The van der Waals surface area contributed by atoms with E-state index in [0.717, 1.165) is 25.2 Å². The zero-order valence-corrected chi connectivity index (χ0v) is 15.0. The van der Waals surface area contributed by atoms with Crippen molar-refractivity contribution in [2.24, 2.45) is 16.5 Å². The van der Waals surface area contributed by atoms with Crippen LogP contribution < -0.4 is 11.5 Å². The van der Waals surface area contributed by atoms with Gasteiger partial charge < -0.3 is 16.2 Å². The number of aliphatic imine (C=N–C) groups is 1. The quantitative estimate of drug-likeness (QED) is 0.455. The average molecular weight is 404 g/mol. The van der Waals surface area contributed by atoms with Gasteiger partial charge in [0.25, 0.3) is 0 Å². The molecule has 2 unspecified atom stereocenters. The predicted molar refractivity (Wildman–Crippen MR) is 96.7 cm³/mol. The number of hydrogen-bond acceptors (Lipinski definition) is 3. The third-order valence-corrected chi connectivity index (χ3v) is 3.37. The van der Waals surface area contributed by atoms with Crippen LogP contribution in [0.25, 0.3) is 0 Å². The van der Waals surface area contributed by atoms with E-state index in [0.29, 0.717) is 18.8 Å². The van der Waals surface area contributed by atoms with Gasteiger partial charge in [-0.25, -0.2) is 4.99 Å². The van der Waals surface area contributed by atoms with Gasteiger partial charge in [0.15, 0.2) is 5.96 Å². The highest BCUT2D eigenvalue weighted by Crippen LogP contribution is 2.15. The van der Waals surface area contributed by atoms with Crippen molar-refractivity contribution >= 4 is 29.9 Å². The topological polar surface area (TPSA) is 76.9 Å². The molecule has 0 aliphatic carbocycles. The number of nitrogens with two attached hydrogens (primary N) is 2. The molecule has 1 aromatic carbocycles. The van der Waals surface area contributed by atoms with Crippen molar-refractivity contribution < 1.29 is 4.74 Å². The lowest BCUT2D eigenvalue weighted by atomic mass is 10.1. The molecule has 1 aromatic rings. The number of hydrogen-bond donors (Lipinski definition) is 2. The predicted octanol–water partition coefficient (Wildman–Crippen LogP) is 1.69. The SMILES string of the molecule is CC1CN(Cc2ccc(CN=C(N)N)cc2)CC(C)O1.I. The largest absolute Gasteiger partial charge is 0.373 e. The molecule has 2 atom stereocenters. The van der Waals surface area contributed by atoms with E-state index >= 15 is 0 Å². The van der Waals surface area contributed by atoms with Gasteiger partial charge in [0.1, 0.15) is 0 Å². The summed E-state index contributed by atoms with van der Waals surface area (Å²) in [6.07, 6.45) is 0.611. The molecule has 5 nitrogen and oxygen atoms in total. The minimum atomic E-state index is 0. The molecule has 1 aliphatic rings. The molecule has 0 bridgehead atoms. The van der Waals surface area contributed by atoms with Crippen LogP contribution in [0.5, 0.6) is 0 Å². The molecule has 1 saturated heterocycles. The van der Waals surface area contributed by atoms with Crippen LogP contribution in [0.1, 0.15) is 25.0 Å². The van der Waals surface area contributed by atoms with Crippen LogP contribution in [-0.4, -0.2) is 36.2 Å². The van der Waals surface area contributed by atoms with Crippen molar-refractivity contribution in [2.75, 3.05) is 13.1 Å². The highest BCUT2D eigenvalue weighted by Gasteiger charge is 2.21. The second kappa shape index (κ2) is 8.55. The van der Waals surface area contributed by atoms with Crippen LogP contribution in [0, 0.1) is 0 Å². The van der Waals surface area contributed by atoms with Crippen LogP contribution in [-0.2, 0) is 17.8 Å². The first-order valence-electron chi connectivity index (χ1n) is 7.04. The van der Waals surface area contributed by atoms with Gasteiger partial charge in [0.2, 0.25) is 0 Å². The summed E-state index contributed by atoms with van der Waals surface area (Å²) in [6, 6.07) is 8.44. The molecule has 1 aliphatic heterocycles. The second-order valence-electron chi connectivity index (χ2n) is 5.51.